The lowest BCUT2D eigenvalue weighted by Crippen LogP contribution is -2.22. The molecule has 1 heterocycles. The minimum atomic E-state index is -4.38. The quantitative estimate of drug-likeness (QED) is 0.815. The van der Waals surface area contributed by atoms with Gasteiger partial charge in [-0.1, -0.05) is 6.92 Å². The monoisotopic (exact) mass is 262 g/mol. The molecule has 18 heavy (non-hydrogen) atoms. The number of ether oxygens (including phenoxy) is 1. The molecule has 0 aromatic carbocycles. The van der Waals surface area contributed by atoms with Gasteiger partial charge < -0.3 is 9.64 Å². The van der Waals surface area contributed by atoms with Gasteiger partial charge in [0.15, 0.2) is 0 Å². The summed E-state index contributed by atoms with van der Waals surface area (Å²) in [5.41, 5.74) is -0.470. The minimum absolute atomic E-state index is 0.0186. The highest BCUT2D eigenvalue weighted by atomic mass is 19.4. The molecule has 1 aromatic heterocycles. The molecule has 6 heteroatoms. The number of halogens is 3. The summed E-state index contributed by atoms with van der Waals surface area (Å²) in [6.45, 7) is 3.31. The zero-order valence-corrected chi connectivity index (χ0v) is 10.7. The molecule has 3 nitrogen and oxygen atoms in total. The van der Waals surface area contributed by atoms with Gasteiger partial charge in [-0.05, 0) is 25.6 Å². The van der Waals surface area contributed by atoms with Gasteiger partial charge >= 0.3 is 6.18 Å². The maximum atomic E-state index is 12.9. The third-order valence-electron chi connectivity index (χ3n) is 2.78. The molecule has 1 rings (SSSR count). The fourth-order valence-corrected chi connectivity index (χ4v) is 1.51. The molecule has 0 unspecified atom stereocenters. The lowest BCUT2D eigenvalue weighted by Gasteiger charge is -2.17. The van der Waals surface area contributed by atoms with Gasteiger partial charge in [0.05, 0.1) is 12.7 Å². The molecule has 0 aliphatic heterocycles. The molecular formula is C12H17F3N2O. The van der Waals surface area contributed by atoms with Crippen molar-refractivity contribution in [1.82, 2.24) is 9.88 Å². The smallest absolute Gasteiger partial charge is 0.416 e. The highest BCUT2D eigenvalue weighted by Gasteiger charge is 2.34. The topological polar surface area (TPSA) is 25.4 Å². The Balaban J connectivity index is 2.96. The van der Waals surface area contributed by atoms with Crippen molar-refractivity contribution < 1.29 is 17.9 Å². The SMILES string of the molecule is CCN(C)CCc1cnc(OC)cc1C(F)(F)F. The molecule has 0 aliphatic carbocycles. The molecule has 0 radical (unpaired) electrons. The van der Waals surface area contributed by atoms with E-state index in [1.165, 1.54) is 13.3 Å². The summed E-state index contributed by atoms with van der Waals surface area (Å²) in [4.78, 5) is 5.78. The van der Waals surface area contributed by atoms with E-state index < -0.39 is 11.7 Å². The van der Waals surface area contributed by atoms with Gasteiger partial charge in [-0.2, -0.15) is 13.2 Å². The minimum Gasteiger partial charge on any atom is -0.481 e. The Hall–Kier alpha value is -1.30. The summed E-state index contributed by atoms with van der Waals surface area (Å²) in [5.74, 6) is -0.0186. The molecule has 0 saturated carbocycles. The van der Waals surface area contributed by atoms with Crippen LogP contribution in [0, 0.1) is 0 Å². The maximum Gasteiger partial charge on any atom is 0.416 e. The zero-order chi connectivity index (χ0) is 13.8. The van der Waals surface area contributed by atoms with E-state index in [9.17, 15) is 13.2 Å². The molecule has 0 atom stereocenters. The first-order chi connectivity index (χ1) is 8.38. The predicted molar refractivity (Wildman–Crippen MR) is 62.7 cm³/mol. The van der Waals surface area contributed by atoms with Gasteiger partial charge in [-0.3, -0.25) is 0 Å². The number of pyridine rings is 1. The normalized spacial score (nSPS) is 11.9. The van der Waals surface area contributed by atoms with Gasteiger partial charge in [-0.25, -0.2) is 4.98 Å². The highest BCUT2D eigenvalue weighted by molar-refractivity contribution is 5.32. The fourth-order valence-electron chi connectivity index (χ4n) is 1.51. The summed E-state index contributed by atoms with van der Waals surface area (Å²) in [6, 6.07) is 0.946. The first kappa shape index (κ1) is 14.8. The number of likely N-dealkylation sites (N-methyl/N-ethyl adjacent to an activating group) is 1. The van der Waals surface area contributed by atoms with Gasteiger partial charge in [0.2, 0.25) is 5.88 Å². The van der Waals surface area contributed by atoms with E-state index in [2.05, 4.69) is 4.98 Å². The maximum absolute atomic E-state index is 12.9. The van der Waals surface area contributed by atoms with Crippen molar-refractivity contribution in [1.29, 1.82) is 0 Å². The van der Waals surface area contributed by atoms with Crippen molar-refractivity contribution in [3.8, 4) is 5.88 Å². The predicted octanol–water partition coefficient (Wildman–Crippen LogP) is 2.60. The van der Waals surface area contributed by atoms with Crippen molar-refractivity contribution in [2.45, 2.75) is 19.5 Å². The number of nitrogens with zero attached hydrogens (tertiary/aromatic N) is 2. The molecule has 0 amide bonds. The van der Waals surface area contributed by atoms with Crippen LogP contribution in [0.5, 0.6) is 5.88 Å². The Morgan fingerprint density at radius 1 is 1.39 bits per heavy atom. The van der Waals surface area contributed by atoms with Crippen LogP contribution in [0.1, 0.15) is 18.1 Å². The van der Waals surface area contributed by atoms with Crippen LogP contribution in [0.4, 0.5) is 13.2 Å². The van der Waals surface area contributed by atoms with Crippen molar-refractivity contribution in [2.75, 3.05) is 27.2 Å². The first-order valence-electron chi connectivity index (χ1n) is 5.67. The van der Waals surface area contributed by atoms with E-state index in [1.54, 1.807) is 0 Å². The van der Waals surface area contributed by atoms with E-state index in [0.717, 1.165) is 12.6 Å². The standard InChI is InChI=1S/C12H17F3N2O/c1-4-17(2)6-5-9-8-16-11(18-3)7-10(9)12(13,14)15/h7-8H,4-6H2,1-3H3. The van der Waals surface area contributed by atoms with Crippen LogP contribution in [0.2, 0.25) is 0 Å². The molecule has 0 aliphatic rings. The van der Waals surface area contributed by atoms with Crippen LogP contribution in [0.15, 0.2) is 12.3 Å². The van der Waals surface area contributed by atoms with E-state index in [4.69, 9.17) is 4.74 Å². The summed E-state index contributed by atoms with van der Waals surface area (Å²) in [6.07, 6.45) is -2.82. The molecule has 0 saturated heterocycles. The van der Waals surface area contributed by atoms with Crippen LogP contribution < -0.4 is 4.74 Å². The Kier molecular flexibility index (Phi) is 4.95. The van der Waals surface area contributed by atoms with Gasteiger partial charge in [-0.15, -0.1) is 0 Å². The number of alkyl halides is 3. The second-order valence-electron chi connectivity index (χ2n) is 4.03. The first-order valence-corrected chi connectivity index (χ1v) is 5.67. The largest absolute Gasteiger partial charge is 0.481 e. The Morgan fingerprint density at radius 2 is 2.06 bits per heavy atom. The van der Waals surface area contributed by atoms with Gasteiger partial charge in [0.25, 0.3) is 0 Å². The third-order valence-corrected chi connectivity index (χ3v) is 2.78. The number of methoxy groups -OCH3 is 1. The van der Waals surface area contributed by atoms with E-state index in [0.29, 0.717) is 13.0 Å². The fraction of sp³-hybridized carbons (Fsp3) is 0.583. The molecular weight excluding hydrogens is 245 g/mol. The number of aromatic nitrogens is 1. The van der Waals surface area contributed by atoms with Crippen LogP contribution in [0.3, 0.4) is 0 Å². The van der Waals surface area contributed by atoms with Gasteiger partial charge in [0, 0.05) is 18.8 Å². The number of hydrogen-bond acceptors (Lipinski definition) is 3. The van der Waals surface area contributed by atoms with Gasteiger partial charge in [0.1, 0.15) is 0 Å². The number of hydrogen-bond donors (Lipinski definition) is 0. The number of rotatable bonds is 5. The highest BCUT2D eigenvalue weighted by Crippen LogP contribution is 2.33. The van der Waals surface area contributed by atoms with Crippen molar-refractivity contribution >= 4 is 0 Å². The molecule has 0 bridgehead atoms. The molecule has 0 N–H and O–H groups in total. The zero-order valence-electron chi connectivity index (χ0n) is 10.7. The van der Waals surface area contributed by atoms with E-state index in [1.807, 2.05) is 18.9 Å². The van der Waals surface area contributed by atoms with E-state index in [-0.39, 0.29) is 11.4 Å². The van der Waals surface area contributed by atoms with Crippen LogP contribution in [-0.4, -0.2) is 37.1 Å². The summed E-state index contributed by atoms with van der Waals surface area (Å²) in [5, 5.41) is 0. The molecule has 1 aromatic rings. The van der Waals surface area contributed by atoms with Crippen molar-refractivity contribution in [3.63, 3.8) is 0 Å². The second kappa shape index (κ2) is 6.04. The lowest BCUT2D eigenvalue weighted by atomic mass is 10.1. The lowest BCUT2D eigenvalue weighted by molar-refractivity contribution is -0.138. The van der Waals surface area contributed by atoms with Crippen LogP contribution in [-0.2, 0) is 12.6 Å². The van der Waals surface area contributed by atoms with Crippen molar-refractivity contribution in [3.05, 3.63) is 23.4 Å². The van der Waals surface area contributed by atoms with Crippen molar-refractivity contribution in [2.24, 2.45) is 0 Å². The average molecular weight is 262 g/mol. The molecule has 0 spiro atoms. The van der Waals surface area contributed by atoms with Crippen LogP contribution >= 0.6 is 0 Å². The average Bonchev–Trinajstić information content (AvgIpc) is 2.34. The Bertz CT molecular complexity index is 393. The summed E-state index contributed by atoms with van der Waals surface area (Å²) < 4.78 is 43.4. The summed E-state index contributed by atoms with van der Waals surface area (Å²) in [7, 11) is 3.16. The second-order valence-corrected chi connectivity index (χ2v) is 4.03. The Labute approximate surface area is 105 Å². The molecule has 102 valence electrons. The van der Waals surface area contributed by atoms with Crippen LogP contribution in [0.25, 0.3) is 0 Å². The Morgan fingerprint density at radius 3 is 2.56 bits per heavy atom. The summed E-state index contributed by atoms with van der Waals surface area (Å²) >= 11 is 0. The van der Waals surface area contributed by atoms with E-state index >= 15 is 0 Å². The molecule has 0 fully saturated rings. The third kappa shape index (κ3) is 3.87.